The van der Waals surface area contributed by atoms with Crippen LogP contribution in [0.3, 0.4) is 0 Å². The normalized spacial score (nSPS) is 11.7. The van der Waals surface area contributed by atoms with Gasteiger partial charge in [-0.2, -0.15) is 0 Å². The molecule has 0 aliphatic carbocycles. The van der Waals surface area contributed by atoms with Gasteiger partial charge in [-0.15, -0.1) is 5.10 Å². The summed E-state index contributed by atoms with van der Waals surface area (Å²) in [5, 5.41) is 17.3. The van der Waals surface area contributed by atoms with Crippen molar-refractivity contribution in [3.63, 3.8) is 0 Å². The van der Waals surface area contributed by atoms with Crippen LogP contribution in [0.2, 0.25) is 0 Å². The summed E-state index contributed by atoms with van der Waals surface area (Å²) in [4.78, 5) is 37.3. The Hall–Kier alpha value is -2.45. The standard InChI is InChI=1S/C10H14N4O5/c1-5-11-8(14-13-5)9(16)12-6(10(17)18)3-4-7(15)19-2/h6H,3-4H2,1-2H3,(H,12,16)(H,17,18)(H,11,13,14). The lowest BCUT2D eigenvalue weighted by molar-refractivity contribution is -0.142. The summed E-state index contributed by atoms with van der Waals surface area (Å²) in [5.74, 6) is -2.23. The average Bonchev–Trinajstić information content (AvgIpc) is 2.80. The second-order valence-corrected chi connectivity index (χ2v) is 3.72. The summed E-state index contributed by atoms with van der Waals surface area (Å²) >= 11 is 0. The first-order chi connectivity index (χ1) is 8.93. The molecule has 0 aliphatic rings. The Morgan fingerprint density at radius 3 is 2.63 bits per heavy atom. The fourth-order valence-electron chi connectivity index (χ4n) is 1.29. The van der Waals surface area contributed by atoms with Gasteiger partial charge in [0.05, 0.1) is 7.11 Å². The third-order valence-electron chi connectivity index (χ3n) is 2.27. The van der Waals surface area contributed by atoms with Crippen LogP contribution in [0.5, 0.6) is 0 Å². The number of carbonyl (C=O) groups excluding carboxylic acids is 2. The van der Waals surface area contributed by atoms with Crippen LogP contribution in [0.4, 0.5) is 0 Å². The van der Waals surface area contributed by atoms with Crippen molar-refractivity contribution >= 4 is 17.8 Å². The van der Waals surface area contributed by atoms with Gasteiger partial charge in [0.15, 0.2) is 0 Å². The van der Waals surface area contributed by atoms with Crippen LogP contribution in [0, 0.1) is 6.92 Å². The monoisotopic (exact) mass is 270 g/mol. The van der Waals surface area contributed by atoms with E-state index in [2.05, 4.69) is 25.2 Å². The number of carbonyl (C=O) groups is 3. The predicted molar refractivity (Wildman–Crippen MR) is 61.3 cm³/mol. The molecule has 1 heterocycles. The highest BCUT2D eigenvalue weighted by Crippen LogP contribution is 2.01. The molecule has 104 valence electrons. The summed E-state index contributed by atoms with van der Waals surface area (Å²) in [7, 11) is 1.20. The number of carboxylic acids is 1. The fourth-order valence-corrected chi connectivity index (χ4v) is 1.29. The van der Waals surface area contributed by atoms with Gasteiger partial charge >= 0.3 is 11.9 Å². The number of aromatic nitrogens is 3. The molecule has 1 aromatic heterocycles. The number of ether oxygens (including phenoxy) is 1. The van der Waals surface area contributed by atoms with Crippen molar-refractivity contribution in [3.8, 4) is 0 Å². The number of methoxy groups -OCH3 is 1. The molecule has 0 spiro atoms. The topological polar surface area (TPSA) is 134 Å². The van der Waals surface area contributed by atoms with Crippen LogP contribution in [0.15, 0.2) is 0 Å². The second-order valence-electron chi connectivity index (χ2n) is 3.72. The maximum absolute atomic E-state index is 11.7. The first-order valence-corrected chi connectivity index (χ1v) is 5.43. The van der Waals surface area contributed by atoms with Crippen LogP contribution in [-0.2, 0) is 14.3 Å². The zero-order valence-corrected chi connectivity index (χ0v) is 10.5. The van der Waals surface area contributed by atoms with Gasteiger partial charge in [0.2, 0.25) is 5.82 Å². The van der Waals surface area contributed by atoms with E-state index >= 15 is 0 Å². The van der Waals surface area contributed by atoms with Gasteiger partial charge in [0.25, 0.3) is 5.91 Å². The SMILES string of the molecule is COC(=O)CCC(NC(=O)c1n[nH]c(C)n1)C(=O)O. The predicted octanol–water partition coefficient (Wildman–Crippen LogP) is -0.751. The van der Waals surface area contributed by atoms with Crippen molar-refractivity contribution in [3.05, 3.63) is 11.6 Å². The fraction of sp³-hybridized carbons (Fsp3) is 0.500. The molecular formula is C10H14N4O5. The van der Waals surface area contributed by atoms with Crippen LogP contribution >= 0.6 is 0 Å². The highest BCUT2D eigenvalue weighted by atomic mass is 16.5. The molecule has 1 unspecified atom stereocenters. The molecule has 0 saturated heterocycles. The van der Waals surface area contributed by atoms with Gasteiger partial charge in [-0.1, -0.05) is 0 Å². The van der Waals surface area contributed by atoms with E-state index in [1.54, 1.807) is 6.92 Å². The van der Waals surface area contributed by atoms with E-state index < -0.39 is 23.9 Å². The number of rotatable bonds is 6. The maximum atomic E-state index is 11.7. The number of esters is 1. The van der Waals surface area contributed by atoms with E-state index in [4.69, 9.17) is 5.11 Å². The van der Waals surface area contributed by atoms with E-state index in [1.165, 1.54) is 7.11 Å². The minimum absolute atomic E-state index is 0.0723. The number of aromatic amines is 1. The molecule has 19 heavy (non-hydrogen) atoms. The largest absolute Gasteiger partial charge is 0.480 e. The van der Waals surface area contributed by atoms with Crippen LogP contribution < -0.4 is 5.32 Å². The number of hydrogen-bond acceptors (Lipinski definition) is 6. The van der Waals surface area contributed by atoms with Crippen molar-refractivity contribution in [1.82, 2.24) is 20.5 Å². The van der Waals surface area contributed by atoms with E-state index in [9.17, 15) is 14.4 Å². The Balaban J connectivity index is 2.61. The smallest absolute Gasteiger partial charge is 0.326 e. The molecule has 0 fully saturated rings. The molecule has 3 N–H and O–H groups in total. The van der Waals surface area contributed by atoms with Crippen molar-refractivity contribution in [2.45, 2.75) is 25.8 Å². The zero-order chi connectivity index (χ0) is 14.4. The van der Waals surface area contributed by atoms with Crippen molar-refractivity contribution in [2.24, 2.45) is 0 Å². The maximum Gasteiger partial charge on any atom is 0.326 e. The highest BCUT2D eigenvalue weighted by Gasteiger charge is 2.23. The van der Waals surface area contributed by atoms with Gasteiger partial charge in [-0.05, 0) is 13.3 Å². The van der Waals surface area contributed by atoms with E-state index in [0.717, 1.165) is 0 Å². The number of nitrogens with one attached hydrogen (secondary N) is 2. The zero-order valence-electron chi connectivity index (χ0n) is 10.5. The molecule has 0 radical (unpaired) electrons. The highest BCUT2D eigenvalue weighted by molar-refractivity contribution is 5.93. The molecule has 1 atom stereocenters. The molecule has 0 aliphatic heterocycles. The quantitative estimate of drug-likeness (QED) is 0.579. The summed E-state index contributed by atoms with van der Waals surface area (Å²) < 4.78 is 4.40. The number of aryl methyl sites for hydroxylation is 1. The van der Waals surface area contributed by atoms with Crippen molar-refractivity contribution in [1.29, 1.82) is 0 Å². The molecular weight excluding hydrogens is 256 g/mol. The Morgan fingerprint density at radius 2 is 2.16 bits per heavy atom. The third-order valence-corrected chi connectivity index (χ3v) is 2.27. The number of H-pyrrole nitrogens is 1. The Kier molecular flexibility index (Phi) is 4.98. The number of carboxylic acid groups (broad SMARTS) is 1. The van der Waals surface area contributed by atoms with Crippen LogP contribution in [0.1, 0.15) is 29.3 Å². The van der Waals surface area contributed by atoms with Crippen LogP contribution in [-0.4, -0.2) is 51.3 Å². The molecule has 1 rings (SSSR count). The number of amides is 1. The average molecular weight is 270 g/mol. The lowest BCUT2D eigenvalue weighted by Crippen LogP contribution is -2.41. The van der Waals surface area contributed by atoms with Gasteiger partial charge < -0.3 is 15.2 Å². The Bertz CT molecular complexity index is 484. The van der Waals surface area contributed by atoms with Crippen molar-refractivity contribution in [2.75, 3.05) is 7.11 Å². The molecule has 0 aromatic carbocycles. The number of hydrogen-bond donors (Lipinski definition) is 3. The number of aliphatic carboxylic acids is 1. The molecule has 0 saturated carbocycles. The minimum atomic E-state index is -1.25. The molecule has 9 nitrogen and oxygen atoms in total. The van der Waals surface area contributed by atoms with Gasteiger partial charge in [-0.3, -0.25) is 14.7 Å². The first-order valence-electron chi connectivity index (χ1n) is 5.43. The van der Waals surface area contributed by atoms with Gasteiger partial charge in [0.1, 0.15) is 11.9 Å². The van der Waals surface area contributed by atoms with Gasteiger partial charge in [0, 0.05) is 6.42 Å². The molecule has 0 bridgehead atoms. The Labute approximate surface area is 108 Å². The molecule has 1 aromatic rings. The minimum Gasteiger partial charge on any atom is -0.480 e. The molecule has 9 heteroatoms. The number of nitrogens with zero attached hydrogens (tertiary/aromatic N) is 2. The van der Waals surface area contributed by atoms with Gasteiger partial charge in [-0.25, -0.2) is 9.78 Å². The second kappa shape index (κ2) is 6.47. The van der Waals surface area contributed by atoms with E-state index in [-0.39, 0.29) is 18.7 Å². The lowest BCUT2D eigenvalue weighted by Gasteiger charge is -2.12. The van der Waals surface area contributed by atoms with E-state index in [1.807, 2.05) is 0 Å². The lowest BCUT2D eigenvalue weighted by atomic mass is 10.1. The summed E-state index contributed by atoms with van der Waals surface area (Å²) in [6.07, 6.45) is -0.183. The summed E-state index contributed by atoms with van der Waals surface area (Å²) in [5.41, 5.74) is 0. The van der Waals surface area contributed by atoms with Crippen LogP contribution in [0.25, 0.3) is 0 Å². The first kappa shape index (κ1) is 14.6. The Morgan fingerprint density at radius 1 is 1.47 bits per heavy atom. The van der Waals surface area contributed by atoms with E-state index in [0.29, 0.717) is 5.82 Å². The summed E-state index contributed by atoms with van der Waals surface area (Å²) in [6.45, 7) is 1.61. The summed E-state index contributed by atoms with van der Waals surface area (Å²) in [6, 6.07) is -1.20. The third kappa shape index (κ3) is 4.37. The molecule has 1 amide bonds. The van der Waals surface area contributed by atoms with Crippen molar-refractivity contribution < 1.29 is 24.2 Å².